The molecule has 0 aliphatic carbocycles. The van der Waals surface area contributed by atoms with Crippen LogP contribution >= 0.6 is 0 Å². The van der Waals surface area contributed by atoms with Crippen molar-refractivity contribution in [1.82, 2.24) is 24.0 Å². The quantitative estimate of drug-likeness (QED) is 0.353. The van der Waals surface area contributed by atoms with Gasteiger partial charge in [0.05, 0.1) is 11.5 Å². The number of fused-ring (bicyclic) bond motifs is 1. The van der Waals surface area contributed by atoms with Crippen molar-refractivity contribution in [2.24, 2.45) is 7.05 Å². The summed E-state index contributed by atoms with van der Waals surface area (Å²) < 4.78 is 8.45. The number of imidazole rings is 1. The number of nitro benzene ring substituents is 1. The zero-order valence-electron chi connectivity index (χ0n) is 18.3. The Balaban J connectivity index is 1.60. The van der Waals surface area contributed by atoms with Crippen LogP contribution in [0.1, 0.15) is 0 Å². The normalized spacial score (nSPS) is 15.7. The second-order valence-corrected chi connectivity index (χ2v) is 8.02. The third-order valence-electron chi connectivity index (χ3n) is 5.66. The van der Waals surface area contributed by atoms with Gasteiger partial charge in [0.15, 0.2) is 11.2 Å². The zero-order chi connectivity index (χ0) is 23.7. The first-order chi connectivity index (χ1) is 15.7. The third-order valence-corrected chi connectivity index (χ3v) is 5.66. The molecule has 1 aromatic carbocycles. The minimum absolute atomic E-state index is 0.00639. The largest absolute Gasteiger partial charge is 0.491 e. The molecule has 1 fully saturated rings. The summed E-state index contributed by atoms with van der Waals surface area (Å²) in [5.41, 5.74) is -0.774. The Labute approximate surface area is 187 Å². The lowest BCUT2D eigenvalue weighted by molar-refractivity contribution is -0.384. The highest BCUT2D eigenvalue weighted by molar-refractivity contribution is 5.74. The van der Waals surface area contributed by atoms with Gasteiger partial charge >= 0.3 is 5.69 Å². The van der Waals surface area contributed by atoms with E-state index in [1.54, 1.807) is 4.57 Å². The van der Waals surface area contributed by atoms with Gasteiger partial charge in [-0.15, -0.1) is 0 Å². The van der Waals surface area contributed by atoms with E-state index in [9.17, 15) is 24.8 Å². The third kappa shape index (κ3) is 4.59. The average molecular weight is 459 g/mol. The fourth-order valence-electron chi connectivity index (χ4n) is 3.76. The Hall–Kier alpha value is -3.71. The molecule has 4 rings (SSSR count). The minimum Gasteiger partial charge on any atom is -0.491 e. The van der Waals surface area contributed by atoms with Crippen molar-refractivity contribution >= 4 is 22.8 Å². The number of piperazine rings is 1. The summed E-state index contributed by atoms with van der Waals surface area (Å²) in [4.78, 5) is 46.0. The lowest BCUT2D eigenvalue weighted by atomic mass is 10.3. The number of nitro groups is 1. The number of aromatic nitrogens is 4. The number of aryl methyl sites for hydroxylation is 1. The van der Waals surface area contributed by atoms with Crippen LogP contribution in [-0.4, -0.2) is 80.0 Å². The van der Waals surface area contributed by atoms with Crippen molar-refractivity contribution in [2.75, 3.05) is 44.7 Å². The molecule has 13 heteroatoms. The van der Waals surface area contributed by atoms with Gasteiger partial charge < -0.3 is 24.2 Å². The Kier molecular flexibility index (Phi) is 6.16. The van der Waals surface area contributed by atoms with E-state index < -0.39 is 22.3 Å². The first-order valence-electron chi connectivity index (χ1n) is 10.4. The number of hydrogen-bond acceptors (Lipinski definition) is 9. The molecule has 3 heterocycles. The Morgan fingerprint density at radius 3 is 2.48 bits per heavy atom. The number of hydrogen-bond donors (Lipinski definition) is 2. The van der Waals surface area contributed by atoms with Gasteiger partial charge in [0.2, 0.25) is 5.95 Å². The highest BCUT2D eigenvalue weighted by atomic mass is 16.6. The topological polar surface area (TPSA) is 152 Å². The summed E-state index contributed by atoms with van der Waals surface area (Å²) in [7, 11) is 3.55. The van der Waals surface area contributed by atoms with Gasteiger partial charge in [-0.2, -0.15) is 4.98 Å². The summed E-state index contributed by atoms with van der Waals surface area (Å²) >= 11 is 0. The van der Waals surface area contributed by atoms with E-state index in [0.717, 1.165) is 13.1 Å². The number of aromatic amines is 1. The molecule has 3 aromatic rings. The molecule has 0 amide bonds. The van der Waals surface area contributed by atoms with Crippen molar-refractivity contribution in [3.8, 4) is 5.75 Å². The molecule has 1 saturated heterocycles. The van der Waals surface area contributed by atoms with E-state index >= 15 is 0 Å². The van der Waals surface area contributed by atoms with E-state index in [4.69, 9.17) is 4.74 Å². The predicted octanol–water partition coefficient (Wildman–Crippen LogP) is -0.477. The van der Waals surface area contributed by atoms with Gasteiger partial charge in [-0.3, -0.25) is 24.5 Å². The van der Waals surface area contributed by atoms with E-state index in [0.29, 0.717) is 24.8 Å². The van der Waals surface area contributed by atoms with Gasteiger partial charge in [-0.1, -0.05) is 0 Å². The number of aliphatic hydroxyl groups is 1. The molecule has 1 aliphatic heterocycles. The molecule has 1 aliphatic rings. The molecular weight excluding hydrogens is 434 g/mol. The molecule has 176 valence electrons. The van der Waals surface area contributed by atoms with E-state index in [2.05, 4.69) is 14.9 Å². The van der Waals surface area contributed by atoms with E-state index in [1.807, 2.05) is 11.9 Å². The molecule has 2 aromatic heterocycles. The molecule has 33 heavy (non-hydrogen) atoms. The smallest absolute Gasteiger partial charge is 0.329 e. The Bertz CT molecular complexity index is 1270. The average Bonchev–Trinajstić information content (AvgIpc) is 3.16. The van der Waals surface area contributed by atoms with Crippen LogP contribution in [-0.2, 0) is 13.6 Å². The van der Waals surface area contributed by atoms with Crippen LogP contribution in [0.25, 0.3) is 11.2 Å². The van der Waals surface area contributed by atoms with Gasteiger partial charge in [-0.05, 0) is 19.2 Å². The van der Waals surface area contributed by atoms with Gasteiger partial charge in [0.25, 0.3) is 11.2 Å². The highest BCUT2D eigenvalue weighted by Gasteiger charge is 2.25. The fourth-order valence-corrected chi connectivity index (χ4v) is 3.76. The van der Waals surface area contributed by atoms with Crippen LogP contribution in [0.15, 0.2) is 33.9 Å². The number of benzene rings is 1. The van der Waals surface area contributed by atoms with Crippen molar-refractivity contribution < 1.29 is 14.8 Å². The number of aliphatic hydroxyl groups excluding tert-OH is 1. The van der Waals surface area contributed by atoms with E-state index in [1.165, 1.54) is 35.9 Å². The molecule has 1 atom stereocenters. The van der Waals surface area contributed by atoms with Crippen molar-refractivity contribution in [3.05, 3.63) is 55.2 Å². The maximum absolute atomic E-state index is 12.6. The number of likely N-dealkylation sites (N-methyl/N-ethyl adjacent to an activating group) is 1. The number of rotatable bonds is 7. The molecule has 13 nitrogen and oxygen atoms in total. The molecule has 0 saturated carbocycles. The van der Waals surface area contributed by atoms with Crippen molar-refractivity contribution in [3.63, 3.8) is 0 Å². The second-order valence-electron chi connectivity index (χ2n) is 8.02. The molecule has 0 spiro atoms. The molecule has 0 radical (unpaired) electrons. The summed E-state index contributed by atoms with van der Waals surface area (Å²) in [6.45, 7) is 2.88. The summed E-state index contributed by atoms with van der Waals surface area (Å²) in [6, 6.07) is 5.54. The summed E-state index contributed by atoms with van der Waals surface area (Å²) in [6.07, 6.45) is -1.01. The first kappa shape index (κ1) is 22.5. The lowest BCUT2D eigenvalue weighted by Gasteiger charge is -2.33. The first-order valence-corrected chi connectivity index (χ1v) is 10.4. The van der Waals surface area contributed by atoms with Crippen LogP contribution < -0.4 is 20.9 Å². The number of H-pyrrole nitrogens is 1. The maximum atomic E-state index is 12.6. The zero-order valence-corrected chi connectivity index (χ0v) is 18.3. The molecule has 2 N–H and O–H groups in total. The van der Waals surface area contributed by atoms with Crippen LogP contribution in [0.5, 0.6) is 5.75 Å². The lowest BCUT2D eigenvalue weighted by Crippen LogP contribution is -2.45. The SMILES string of the molecule is CN1CCN(c2nc3c(c(=O)[nH]c(=O)n3C)n2CC(O)COc2ccc([N+](=O)[O-])cc2)CC1. The monoisotopic (exact) mass is 459 g/mol. The highest BCUT2D eigenvalue weighted by Crippen LogP contribution is 2.22. The van der Waals surface area contributed by atoms with Crippen LogP contribution in [0, 0.1) is 10.1 Å². The van der Waals surface area contributed by atoms with Gasteiger partial charge in [-0.25, -0.2) is 4.79 Å². The van der Waals surface area contributed by atoms with Crippen LogP contribution in [0.2, 0.25) is 0 Å². The second kappa shape index (κ2) is 9.03. The predicted molar refractivity (Wildman–Crippen MR) is 120 cm³/mol. The minimum atomic E-state index is -1.01. The number of nitrogens with zero attached hydrogens (tertiary/aromatic N) is 6. The molecule has 0 bridgehead atoms. The van der Waals surface area contributed by atoms with Gasteiger partial charge in [0.1, 0.15) is 18.5 Å². The number of anilines is 1. The Morgan fingerprint density at radius 1 is 1.18 bits per heavy atom. The number of non-ortho nitro benzene ring substituents is 1. The standard InChI is InChI=1S/C20H25N7O6/c1-23-7-9-25(10-8-23)19-21-17-16(18(29)22-20(30)24(17)2)26(19)11-14(28)12-33-15-5-3-13(4-6-15)27(31)32/h3-6,14,28H,7-12H2,1-2H3,(H,22,29,30). The summed E-state index contributed by atoms with van der Waals surface area (Å²) in [5.74, 6) is 0.869. The molecule has 1 unspecified atom stereocenters. The van der Waals surface area contributed by atoms with Crippen LogP contribution in [0.3, 0.4) is 0 Å². The fraction of sp³-hybridized carbons (Fsp3) is 0.450. The van der Waals surface area contributed by atoms with Crippen molar-refractivity contribution in [1.29, 1.82) is 0 Å². The number of ether oxygens (including phenoxy) is 1. The number of nitrogens with one attached hydrogen (secondary N) is 1. The Morgan fingerprint density at radius 2 is 1.85 bits per heavy atom. The van der Waals surface area contributed by atoms with Crippen LogP contribution in [0.4, 0.5) is 11.6 Å². The van der Waals surface area contributed by atoms with Crippen molar-refractivity contribution in [2.45, 2.75) is 12.6 Å². The summed E-state index contributed by atoms with van der Waals surface area (Å²) in [5, 5.41) is 21.5. The molecular formula is C20H25N7O6. The van der Waals surface area contributed by atoms with E-state index in [-0.39, 0.29) is 30.0 Å². The maximum Gasteiger partial charge on any atom is 0.329 e. The van der Waals surface area contributed by atoms with Gasteiger partial charge in [0, 0.05) is 45.4 Å².